The molecule has 0 rings (SSSR count). The Morgan fingerprint density at radius 2 is 0.294 bits per heavy atom. The first kappa shape index (κ1) is 76.9. The number of unbranched alkanes of at least 4 members (excludes halogenated alkanes) is 6. The van der Waals surface area contributed by atoms with Crippen molar-refractivity contribution in [2.24, 2.45) is 0 Å². The zero-order chi connectivity index (χ0) is 40.7. The number of hydrogen-bond donors (Lipinski definition) is 0. The molecule has 0 radical (unpaired) electrons. The van der Waals surface area contributed by atoms with Gasteiger partial charge in [-0.1, -0.05) is 109 Å². The van der Waals surface area contributed by atoms with E-state index >= 15 is 0 Å². The van der Waals surface area contributed by atoms with Crippen LogP contribution in [0.2, 0.25) is 0 Å². The van der Waals surface area contributed by atoms with Crippen LogP contribution in [0.15, 0.2) is 109 Å². The van der Waals surface area contributed by atoms with E-state index < -0.39 is 0 Å². The van der Waals surface area contributed by atoms with Crippen molar-refractivity contribution < 1.29 is 66.3 Å². The Kier molecular flexibility index (Phi) is 154. The first-order valence-electron chi connectivity index (χ1n) is 15.8. The molecule has 0 fully saturated rings. The van der Waals surface area contributed by atoms with Crippen LogP contribution in [0.25, 0.3) is 0 Å². The summed E-state index contributed by atoms with van der Waals surface area (Å²) >= 11 is 26.5. The Hall–Kier alpha value is 8.61. The molecular weight excluding hydrogens is 2340 g/mol. The van der Waals surface area contributed by atoms with Crippen LogP contribution in [0, 0.1) is 0 Å². The molecule has 0 unspecified atom stereocenters. The number of hydrogen-bond acceptors (Lipinski definition) is 0. The molecular formula is C36H60I15-5. The fourth-order valence-electron chi connectivity index (χ4n) is 2.86. The monoisotopic (exact) mass is 2400 g/mol. The third kappa shape index (κ3) is 148. The van der Waals surface area contributed by atoms with Crippen LogP contribution in [0.3, 0.4) is 0 Å². The molecule has 0 saturated heterocycles. The van der Waals surface area contributed by atoms with Crippen LogP contribution in [-0.2, 0) is 0 Å². The maximum atomic E-state index is 2.39. The first-order valence-corrected chi connectivity index (χ1v) is 78.6. The summed E-state index contributed by atoms with van der Waals surface area (Å²) in [6.07, 6.45) is 53.6. The molecule has 0 aliphatic rings. The van der Waals surface area contributed by atoms with E-state index in [0.29, 0.717) is 66.3 Å². The predicted molar refractivity (Wildman–Crippen MR) is 312 cm³/mol. The molecule has 0 nitrogen and oxygen atoms in total. The molecule has 0 heterocycles. The Bertz CT molecular complexity index is 591. The van der Waals surface area contributed by atoms with Crippen molar-refractivity contribution in [3.05, 3.63) is 109 Å². The first-order chi connectivity index (χ1) is 24.8. The zero-order valence-electron chi connectivity index (χ0n) is 30.5. The van der Waals surface area contributed by atoms with Crippen molar-refractivity contribution in [1.82, 2.24) is 0 Å². The molecule has 0 atom stereocenters. The van der Waals surface area contributed by atoms with Gasteiger partial charge in [-0.25, -0.2) is 0 Å². The third-order valence-electron chi connectivity index (χ3n) is 4.91. The number of rotatable bonds is 18. The van der Waals surface area contributed by atoms with E-state index in [2.05, 4.69) is 337 Å². The Morgan fingerprint density at radius 3 is 0.373 bits per heavy atom. The SMILES string of the molecule is CC=CCCC=CCCC=CC.CC=CCCC=CCCC=CC.CC=CCCC=CCCC=CC.I[I-]I.I[I-]I.I[I-]I.I[I-]I.I[I-]I. The summed E-state index contributed by atoms with van der Waals surface area (Å²) in [5, 5.41) is 0. The maximum absolute atomic E-state index is 2.39. The normalized spacial score (nSPS) is 11.0. The number of halogens is 15. The van der Waals surface area contributed by atoms with E-state index in [0.717, 1.165) is 0 Å². The third-order valence-corrected chi connectivity index (χ3v) is 4.91. The second kappa shape index (κ2) is 102. The molecule has 0 aromatic carbocycles. The fraction of sp³-hybridized carbons (Fsp3) is 0.500. The van der Waals surface area contributed by atoms with Gasteiger partial charge in [0.1, 0.15) is 0 Å². The molecule has 0 aromatic rings. The molecule has 0 saturated carbocycles. The summed E-state index contributed by atoms with van der Waals surface area (Å²) in [5.41, 5.74) is 0. The van der Waals surface area contributed by atoms with Crippen LogP contribution in [0.1, 0.15) is 119 Å². The Labute approximate surface area is 467 Å². The summed E-state index contributed by atoms with van der Waals surface area (Å²) in [7, 11) is 0. The number of allylic oxidation sites excluding steroid dienone is 18. The molecule has 51 heavy (non-hydrogen) atoms. The van der Waals surface area contributed by atoms with Gasteiger partial charge in [0.25, 0.3) is 0 Å². The summed E-state index contributed by atoms with van der Waals surface area (Å²) in [5.74, 6) is 0. The van der Waals surface area contributed by atoms with Crippen molar-refractivity contribution in [2.45, 2.75) is 119 Å². The minimum absolute atomic E-state index is 0.530. The van der Waals surface area contributed by atoms with E-state index in [-0.39, 0.29) is 0 Å². The topological polar surface area (TPSA) is 0 Å². The van der Waals surface area contributed by atoms with Gasteiger partial charge in [-0.05, 0) is 119 Å². The van der Waals surface area contributed by atoms with Crippen molar-refractivity contribution >= 4 is 186 Å². The van der Waals surface area contributed by atoms with Crippen LogP contribution in [-0.4, -0.2) is 0 Å². The van der Waals surface area contributed by atoms with Crippen LogP contribution < -0.4 is 66.3 Å². The molecule has 314 valence electrons. The van der Waals surface area contributed by atoms with Gasteiger partial charge in [-0.15, -0.1) is 0 Å². The van der Waals surface area contributed by atoms with Gasteiger partial charge in [0.2, 0.25) is 0 Å². The summed E-state index contributed by atoms with van der Waals surface area (Å²) in [4.78, 5) is 0. The second-order valence-corrected chi connectivity index (χ2v) is 89.8. The molecule has 15 heteroatoms. The van der Waals surface area contributed by atoms with Crippen LogP contribution in [0.5, 0.6) is 0 Å². The average Bonchev–Trinajstić information content (AvgIpc) is 3.11. The standard InChI is InChI=1S/3C12H20.5I3/c3*1-3-5-7-9-11-12-10-8-6-4-2;5*1-3-2/h3*3-6,11-12H,7-10H2,1-2H3;;;;;/q;;;5*-1. The zero-order valence-corrected chi connectivity index (χ0v) is 62.9. The Balaban J connectivity index is -0.0000000756. The second-order valence-electron chi connectivity index (χ2n) is 8.56. The summed E-state index contributed by atoms with van der Waals surface area (Å²) in [6, 6.07) is 0. The van der Waals surface area contributed by atoms with E-state index in [1.807, 2.05) is 0 Å². The van der Waals surface area contributed by atoms with Crippen molar-refractivity contribution in [2.75, 3.05) is 0 Å². The van der Waals surface area contributed by atoms with Crippen molar-refractivity contribution in [3.8, 4) is 0 Å². The van der Waals surface area contributed by atoms with Gasteiger partial charge in [-0.2, -0.15) is 0 Å². The van der Waals surface area contributed by atoms with E-state index in [1.54, 1.807) is 0 Å². The molecule has 0 amide bonds. The minimum atomic E-state index is 0.530. The van der Waals surface area contributed by atoms with Gasteiger partial charge >= 0.3 is 252 Å². The van der Waals surface area contributed by atoms with Crippen LogP contribution in [0.4, 0.5) is 0 Å². The van der Waals surface area contributed by atoms with Gasteiger partial charge in [0, 0.05) is 0 Å². The molecule has 0 bridgehead atoms. The molecule has 0 aromatic heterocycles. The van der Waals surface area contributed by atoms with E-state index in [4.69, 9.17) is 0 Å². The van der Waals surface area contributed by atoms with Crippen molar-refractivity contribution in [1.29, 1.82) is 0 Å². The molecule has 0 spiro atoms. The average molecular weight is 2400 g/mol. The predicted octanol–water partition coefficient (Wildman–Crippen LogP) is 6.64. The summed E-state index contributed by atoms with van der Waals surface area (Å²) < 4.78 is 0. The fourth-order valence-corrected chi connectivity index (χ4v) is 2.86. The Morgan fingerprint density at radius 1 is 0.216 bits per heavy atom. The molecule has 0 aliphatic carbocycles. The van der Waals surface area contributed by atoms with Gasteiger partial charge in [-0.3, -0.25) is 0 Å². The van der Waals surface area contributed by atoms with Gasteiger partial charge < -0.3 is 0 Å². The van der Waals surface area contributed by atoms with Crippen molar-refractivity contribution in [3.63, 3.8) is 0 Å². The van der Waals surface area contributed by atoms with E-state index in [1.165, 1.54) is 77.0 Å². The quantitative estimate of drug-likeness (QED) is 0.0822. The molecule has 0 aliphatic heterocycles. The van der Waals surface area contributed by atoms with Crippen LogP contribution >= 0.6 is 186 Å². The van der Waals surface area contributed by atoms with Gasteiger partial charge in [0.15, 0.2) is 0 Å². The van der Waals surface area contributed by atoms with Gasteiger partial charge in [0.05, 0.1) is 0 Å². The molecule has 0 N–H and O–H groups in total. The van der Waals surface area contributed by atoms with E-state index in [9.17, 15) is 0 Å². The summed E-state index contributed by atoms with van der Waals surface area (Å²) in [6.45, 7) is 12.4.